The lowest BCUT2D eigenvalue weighted by atomic mass is 9.92. The molecule has 1 aliphatic carbocycles. The zero-order valence-electron chi connectivity index (χ0n) is 14.2. The van der Waals surface area contributed by atoms with Crippen LogP contribution in [0.1, 0.15) is 18.4 Å². The maximum Gasteiger partial charge on any atom is 0.314 e. The molecule has 2 N–H and O–H groups in total. The Bertz CT molecular complexity index is 1040. The smallest absolute Gasteiger partial charge is 0.314 e. The lowest BCUT2D eigenvalue weighted by Crippen LogP contribution is -2.19. The van der Waals surface area contributed by atoms with Crippen molar-refractivity contribution < 1.29 is 23.8 Å². The lowest BCUT2D eigenvalue weighted by Gasteiger charge is -2.13. The molecule has 3 aromatic rings. The summed E-state index contributed by atoms with van der Waals surface area (Å²) >= 11 is 0. The molecular weight excluding hydrogens is 350 g/mol. The minimum Gasteiger partial charge on any atom is -0.508 e. The van der Waals surface area contributed by atoms with E-state index in [4.69, 9.17) is 0 Å². The van der Waals surface area contributed by atoms with E-state index in [1.165, 1.54) is 36.4 Å². The van der Waals surface area contributed by atoms with E-state index in [-0.39, 0.29) is 16.9 Å². The van der Waals surface area contributed by atoms with Crippen LogP contribution in [0.5, 0.6) is 5.75 Å². The molecule has 27 heavy (non-hydrogen) atoms. The summed E-state index contributed by atoms with van der Waals surface area (Å²) in [5.74, 6) is -2.06. The van der Waals surface area contributed by atoms with Gasteiger partial charge in [0.25, 0.3) is 0 Å². The van der Waals surface area contributed by atoms with E-state index in [9.17, 15) is 23.8 Å². The summed E-state index contributed by atoms with van der Waals surface area (Å²) in [5, 5.41) is 18.7. The molecule has 0 unspecified atom stereocenters. The molecule has 0 aliphatic heterocycles. The number of phenols is 1. The van der Waals surface area contributed by atoms with E-state index in [1.807, 2.05) is 0 Å². The highest BCUT2D eigenvalue weighted by molar-refractivity contribution is 5.85. The fourth-order valence-corrected chi connectivity index (χ4v) is 3.35. The Labute approximate surface area is 154 Å². The largest absolute Gasteiger partial charge is 0.508 e. The van der Waals surface area contributed by atoms with E-state index in [0.29, 0.717) is 24.0 Å². The molecule has 1 fully saturated rings. The Morgan fingerprint density at radius 1 is 0.815 bits per heavy atom. The summed E-state index contributed by atoms with van der Waals surface area (Å²) < 4.78 is 29.3. The molecule has 4 rings (SSSR count). The second-order valence-corrected chi connectivity index (χ2v) is 6.82. The summed E-state index contributed by atoms with van der Waals surface area (Å²) in [6.07, 6.45) is 0.966. The van der Waals surface area contributed by atoms with Crippen molar-refractivity contribution in [1.29, 1.82) is 0 Å². The summed E-state index contributed by atoms with van der Waals surface area (Å²) in [7, 11) is 0. The molecule has 3 aromatic carbocycles. The van der Waals surface area contributed by atoms with Crippen LogP contribution in [0.4, 0.5) is 8.78 Å². The first-order chi connectivity index (χ1) is 12.9. The second-order valence-electron chi connectivity index (χ2n) is 6.82. The third-order valence-electron chi connectivity index (χ3n) is 5.14. The van der Waals surface area contributed by atoms with Crippen LogP contribution in [0.3, 0.4) is 0 Å². The van der Waals surface area contributed by atoms with Gasteiger partial charge in [0, 0.05) is 11.1 Å². The number of carbonyl (C=O) groups is 1. The van der Waals surface area contributed by atoms with Crippen LogP contribution in [-0.4, -0.2) is 16.2 Å². The van der Waals surface area contributed by atoms with Gasteiger partial charge in [-0.15, -0.1) is 0 Å². The Hall–Kier alpha value is -3.21. The van der Waals surface area contributed by atoms with E-state index in [0.717, 1.165) is 5.56 Å². The molecule has 0 spiro atoms. The van der Waals surface area contributed by atoms with Gasteiger partial charge in [0.05, 0.1) is 5.41 Å². The monoisotopic (exact) mass is 366 g/mol. The van der Waals surface area contributed by atoms with Gasteiger partial charge >= 0.3 is 5.97 Å². The van der Waals surface area contributed by atoms with Crippen molar-refractivity contribution >= 4 is 5.97 Å². The minimum atomic E-state index is -0.999. The van der Waals surface area contributed by atoms with E-state index in [2.05, 4.69) is 0 Å². The minimum absolute atomic E-state index is 0.0923. The van der Waals surface area contributed by atoms with Crippen molar-refractivity contribution in [3.05, 3.63) is 77.9 Å². The van der Waals surface area contributed by atoms with Gasteiger partial charge in [0.15, 0.2) is 0 Å². The third kappa shape index (κ3) is 2.95. The number of benzene rings is 3. The summed E-state index contributed by atoms with van der Waals surface area (Å²) in [6, 6.07) is 15.0. The van der Waals surface area contributed by atoms with Crippen LogP contribution in [-0.2, 0) is 10.2 Å². The van der Waals surface area contributed by atoms with Crippen LogP contribution in [0, 0.1) is 11.6 Å². The normalized spacial score (nSPS) is 14.7. The highest BCUT2D eigenvalue weighted by Crippen LogP contribution is 2.49. The Balaban J connectivity index is 1.69. The van der Waals surface area contributed by atoms with E-state index < -0.39 is 23.0 Å². The van der Waals surface area contributed by atoms with Crippen molar-refractivity contribution in [1.82, 2.24) is 0 Å². The zero-order chi connectivity index (χ0) is 19.2. The standard InChI is InChI=1S/C22H16F2O3/c23-19-11-14(13-1-5-16(25)6-2-13)3-7-17(19)18-8-4-15(12-20(18)24)22(9-10-22)21(26)27/h1-8,11-12,25H,9-10H2,(H,26,27). The van der Waals surface area contributed by atoms with Crippen molar-refractivity contribution in [3.63, 3.8) is 0 Å². The number of aliphatic carboxylic acids is 1. The van der Waals surface area contributed by atoms with Crippen LogP contribution in [0.15, 0.2) is 60.7 Å². The van der Waals surface area contributed by atoms with Crippen molar-refractivity contribution in [3.8, 4) is 28.0 Å². The first kappa shape index (κ1) is 17.2. The van der Waals surface area contributed by atoms with Crippen molar-refractivity contribution in [2.75, 3.05) is 0 Å². The van der Waals surface area contributed by atoms with Gasteiger partial charge in [0.2, 0.25) is 0 Å². The molecular formula is C22H16F2O3. The van der Waals surface area contributed by atoms with Gasteiger partial charge in [-0.25, -0.2) is 8.78 Å². The number of carboxylic acid groups (broad SMARTS) is 1. The molecule has 5 heteroatoms. The summed E-state index contributed by atoms with van der Waals surface area (Å²) in [4.78, 5) is 11.4. The Morgan fingerprint density at radius 2 is 1.37 bits per heavy atom. The highest BCUT2D eigenvalue weighted by Gasteiger charge is 2.51. The predicted octanol–water partition coefficient (Wildman–Crippen LogP) is 5.12. The lowest BCUT2D eigenvalue weighted by molar-refractivity contribution is -0.140. The quantitative estimate of drug-likeness (QED) is 0.674. The first-order valence-electron chi connectivity index (χ1n) is 8.53. The van der Waals surface area contributed by atoms with Gasteiger partial charge in [-0.1, -0.05) is 36.4 Å². The maximum absolute atomic E-state index is 14.6. The molecule has 0 radical (unpaired) electrons. The average Bonchev–Trinajstić information content (AvgIpc) is 3.45. The third-order valence-corrected chi connectivity index (χ3v) is 5.14. The Kier molecular flexibility index (Phi) is 3.95. The number of phenolic OH excluding ortho intramolecular Hbond substituents is 1. The van der Waals surface area contributed by atoms with Crippen LogP contribution >= 0.6 is 0 Å². The SMILES string of the molecule is O=C(O)C1(c2ccc(-c3ccc(-c4ccc(O)cc4)cc3F)c(F)c2)CC1. The van der Waals surface area contributed by atoms with Crippen molar-refractivity contribution in [2.45, 2.75) is 18.3 Å². The number of hydrogen-bond donors (Lipinski definition) is 2. The number of rotatable bonds is 4. The van der Waals surface area contributed by atoms with Crippen molar-refractivity contribution in [2.24, 2.45) is 0 Å². The van der Waals surface area contributed by atoms with Crippen LogP contribution < -0.4 is 0 Å². The fraction of sp³-hybridized carbons (Fsp3) is 0.136. The van der Waals surface area contributed by atoms with Gasteiger partial charge in [-0.2, -0.15) is 0 Å². The van der Waals surface area contributed by atoms with Gasteiger partial charge < -0.3 is 10.2 Å². The number of aromatic hydroxyl groups is 1. The average molecular weight is 366 g/mol. The number of carboxylic acids is 1. The van der Waals surface area contributed by atoms with Crippen LogP contribution in [0.2, 0.25) is 0 Å². The molecule has 0 saturated heterocycles. The Morgan fingerprint density at radius 3 is 1.89 bits per heavy atom. The topological polar surface area (TPSA) is 57.5 Å². The summed E-state index contributed by atoms with van der Waals surface area (Å²) in [6.45, 7) is 0. The predicted molar refractivity (Wildman–Crippen MR) is 97.4 cm³/mol. The molecule has 0 atom stereocenters. The number of halogens is 2. The molecule has 0 heterocycles. The van der Waals surface area contributed by atoms with Gasteiger partial charge in [-0.05, 0) is 53.8 Å². The fourth-order valence-electron chi connectivity index (χ4n) is 3.35. The molecule has 1 aliphatic rings. The first-order valence-corrected chi connectivity index (χ1v) is 8.53. The molecule has 0 aromatic heterocycles. The maximum atomic E-state index is 14.6. The number of hydrogen-bond acceptors (Lipinski definition) is 2. The zero-order valence-corrected chi connectivity index (χ0v) is 14.2. The van der Waals surface area contributed by atoms with Crippen LogP contribution in [0.25, 0.3) is 22.3 Å². The van der Waals surface area contributed by atoms with Gasteiger partial charge in [0.1, 0.15) is 17.4 Å². The highest BCUT2D eigenvalue weighted by atomic mass is 19.1. The second kappa shape index (κ2) is 6.20. The molecule has 0 bridgehead atoms. The van der Waals surface area contributed by atoms with Gasteiger partial charge in [-0.3, -0.25) is 4.79 Å². The molecule has 0 amide bonds. The van der Waals surface area contributed by atoms with E-state index in [1.54, 1.807) is 24.3 Å². The molecule has 1 saturated carbocycles. The molecule has 3 nitrogen and oxygen atoms in total. The molecule has 136 valence electrons. The summed E-state index contributed by atoms with van der Waals surface area (Å²) in [5.41, 5.74) is 0.955. The van der Waals surface area contributed by atoms with E-state index >= 15 is 0 Å².